The van der Waals surface area contributed by atoms with Gasteiger partial charge in [-0.1, -0.05) is 55.8 Å². The summed E-state index contributed by atoms with van der Waals surface area (Å²) in [6.07, 6.45) is 4.78. The lowest BCUT2D eigenvalue weighted by Crippen LogP contribution is -2.42. The highest BCUT2D eigenvalue weighted by molar-refractivity contribution is 5.36. The van der Waals surface area contributed by atoms with Crippen molar-refractivity contribution >= 4 is 0 Å². The molecule has 1 aliphatic heterocycles. The average molecular weight is 243 g/mol. The highest BCUT2D eigenvalue weighted by atomic mass is 15.1. The number of likely N-dealkylation sites (tertiary alicyclic amines) is 1. The van der Waals surface area contributed by atoms with Crippen LogP contribution in [0.4, 0.5) is 0 Å². The Morgan fingerprint density at radius 2 is 1.83 bits per heavy atom. The third-order valence-electron chi connectivity index (χ3n) is 4.40. The molecule has 2 rings (SSSR count). The lowest BCUT2D eigenvalue weighted by Gasteiger charge is -2.43. The van der Waals surface area contributed by atoms with Crippen molar-refractivity contribution < 1.29 is 0 Å². The molecule has 0 bridgehead atoms. The van der Waals surface area contributed by atoms with E-state index in [1.54, 1.807) is 0 Å². The van der Waals surface area contributed by atoms with E-state index in [1.165, 1.54) is 43.5 Å². The summed E-state index contributed by atoms with van der Waals surface area (Å²) in [5, 5.41) is 0. The van der Waals surface area contributed by atoms with Crippen LogP contribution in [0.1, 0.15) is 38.2 Å². The van der Waals surface area contributed by atoms with Crippen LogP contribution in [0.25, 0.3) is 0 Å². The zero-order valence-electron chi connectivity index (χ0n) is 11.8. The molecule has 1 aliphatic rings. The monoisotopic (exact) mass is 243 g/mol. The Labute approximate surface area is 112 Å². The number of hydrogen-bond donors (Lipinski definition) is 0. The fraction of sp³-hybridized carbons (Fsp3) is 0.529. The van der Waals surface area contributed by atoms with Gasteiger partial charge in [-0.15, -0.1) is 0 Å². The van der Waals surface area contributed by atoms with Gasteiger partial charge in [0, 0.05) is 5.41 Å². The van der Waals surface area contributed by atoms with Gasteiger partial charge in [-0.25, -0.2) is 0 Å². The molecule has 1 aromatic carbocycles. The molecule has 0 saturated carbocycles. The van der Waals surface area contributed by atoms with Crippen molar-refractivity contribution in [3.8, 4) is 0 Å². The average Bonchev–Trinajstić information content (AvgIpc) is 2.41. The second-order valence-corrected chi connectivity index (χ2v) is 5.60. The Morgan fingerprint density at radius 3 is 2.39 bits per heavy atom. The van der Waals surface area contributed by atoms with E-state index < -0.39 is 0 Å². The number of rotatable bonds is 4. The lowest BCUT2D eigenvalue weighted by molar-refractivity contribution is 0.208. The zero-order chi connectivity index (χ0) is 13.0. The molecule has 0 aromatic heterocycles. The summed E-state index contributed by atoms with van der Waals surface area (Å²) in [4.78, 5) is 2.43. The van der Waals surface area contributed by atoms with Gasteiger partial charge in [0.05, 0.1) is 0 Å². The first-order chi connectivity index (χ1) is 8.69. The first-order valence-corrected chi connectivity index (χ1v) is 7.11. The summed E-state index contributed by atoms with van der Waals surface area (Å²) in [5.41, 5.74) is 3.13. The topological polar surface area (TPSA) is 3.24 Å². The normalized spacial score (nSPS) is 19.7. The van der Waals surface area contributed by atoms with Crippen LogP contribution in [0.3, 0.4) is 0 Å². The van der Waals surface area contributed by atoms with Gasteiger partial charge in [0.2, 0.25) is 0 Å². The molecule has 1 heteroatoms. The van der Waals surface area contributed by atoms with Crippen LogP contribution in [-0.4, -0.2) is 25.0 Å². The molecule has 0 amide bonds. The zero-order valence-corrected chi connectivity index (χ0v) is 11.8. The molecule has 1 fully saturated rings. The Hall–Kier alpha value is -1.08. The third-order valence-corrected chi connectivity index (χ3v) is 4.40. The Balaban J connectivity index is 2.31. The number of allylic oxidation sites excluding steroid dienone is 1. The highest BCUT2D eigenvalue weighted by Crippen LogP contribution is 2.42. The van der Waals surface area contributed by atoms with E-state index in [9.17, 15) is 0 Å². The Bertz CT molecular complexity index is 385. The molecule has 1 heterocycles. The molecule has 1 saturated heterocycles. The van der Waals surface area contributed by atoms with Crippen LogP contribution in [-0.2, 0) is 5.41 Å². The van der Waals surface area contributed by atoms with Gasteiger partial charge in [-0.3, -0.25) is 0 Å². The molecule has 0 unspecified atom stereocenters. The molecule has 0 N–H and O–H groups in total. The summed E-state index contributed by atoms with van der Waals surface area (Å²) in [7, 11) is 2.22. The minimum Gasteiger partial charge on any atom is -0.306 e. The number of hydrogen-bond acceptors (Lipinski definition) is 1. The van der Waals surface area contributed by atoms with E-state index in [2.05, 4.69) is 55.8 Å². The second-order valence-electron chi connectivity index (χ2n) is 5.60. The lowest BCUT2D eigenvalue weighted by atomic mass is 9.67. The maximum Gasteiger partial charge on any atom is 0.0183 e. The number of piperidine rings is 1. The van der Waals surface area contributed by atoms with Crippen molar-refractivity contribution in [2.24, 2.45) is 0 Å². The summed E-state index contributed by atoms with van der Waals surface area (Å²) in [5.74, 6) is 0. The van der Waals surface area contributed by atoms with Gasteiger partial charge < -0.3 is 4.90 Å². The highest BCUT2D eigenvalue weighted by Gasteiger charge is 2.37. The molecular weight excluding hydrogens is 218 g/mol. The standard InChI is InChI=1S/C17H25N/c1-4-8-15(2)17(11-13-18(3)14-12-17)16-9-6-5-7-10-16/h5-7,9-10H,2,4,8,11-14H2,1,3H3. The molecule has 0 radical (unpaired) electrons. The van der Waals surface area contributed by atoms with Crippen LogP contribution in [0.2, 0.25) is 0 Å². The fourth-order valence-corrected chi connectivity index (χ4v) is 3.14. The molecular formula is C17H25N. The smallest absolute Gasteiger partial charge is 0.0183 e. The summed E-state index contributed by atoms with van der Waals surface area (Å²) >= 11 is 0. The molecule has 0 aliphatic carbocycles. The maximum absolute atomic E-state index is 4.42. The van der Waals surface area contributed by atoms with Crippen molar-refractivity contribution in [1.29, 1.82) is 0 Å². The van der Waals surface area contributed by atoms with Crippen LogP contribution in [0.15, 0.2) is 42.5 Å². The van der Waals surface area contributed by atoms with Crippen LogP contribution in [0, 0.1) is 0 Å². The van der Waals surface area contributed by atoms with Crippen molar-refractivity contribution in [2.45, 2.75) is 38.0 Å². The number of nitrogens with zero attached hydrogens (tertiary/aromatic N) is 1. The van der Waals surface area contributed by atoms with Gasteiger partial charge in [0.25, 0.3) is 0 Å². The van der Waals surface area contributed by atoms with Gasteiger partial charge in [-0.2, -0.15) is 0 Å². The third kappa shape index (κ3) is 2.51. The molecule has 98 valence electrons. The Morgan fingerprint density at radius 1 is 1.22 bits per heavy atom. The van der Waals surface area contributed by atoms with Crippen LogP contribution in [0.5, 0.6) is 0 Å². The Kier molecular flexibility index (Phi) is 4.23. The SMILES string of the molecule is C=C(CCC)C1(c2ccccc2)CCN(C)CC1. The summed E-state index contributed by atoms with van der Waals surface area (Å²) in [6, 6.07) is 11.0. The van der Waals surface area contributed by atoms with E-state index in [0.717, 1.165) is 6.42 Å². The second kappa shape index (κ2) is 5.71. The maximum atomic E-state index is 4.42. The van der Waals surface area contributed by atoms with Crippen molar-refractivity contribution in [3.05, 3.63) is 48.0 Å². The number of benzene rings is 1. The predicted octanol–water partition coefficient (Wildman–Crippen LogP) is 4.01. The van der Waals surface area contributed by atoms with E-state index in [1.807, 2.05) is 0 Å². The minimum atomic E-state index is 0.226. The van der Waals surface area contributed by atoms with E-state index >= 15 is 0 Å². The molecule has 0 spiro atoms. The van der Waals surface area contributed by atoms with Crippen molar-refractivity contribution in [1.82, 2.24) is 4.90 Å². The van der Waals surface area contributed by atoms with Crippen LogP contribution >= 0.6 is 0 Å². The molecule has 1 nitrogen and oxygen atoms in total. The first kappa shape index (κ1) is 13.4. The van der Waals surface area contributed by atoms with Gasteiger partial charge in [-0.05, 0) is 45.0 Å². The molecule has 0 atom stereocenters. The molecule has 1 aromatic rings. The quantitative estimate of drug-likeness (QED) is 0.722. The van der Waals surface area contributed by atoms with Crippen LogP contribution < -0.4 is 0 Å². The first-order valence-electron chi connectivity index (χ1n) is 7.11. The van der Waals surface area contributed by atoms with Gasteiger partial charge >= 0.3 is 0 Å². The molecule has 18 heavy (non-hydrogen) atoms. The summed E-state index contributed by atoms with van der Waals surface area (Å²) < 4.78 is 0. The van der Waals surface area contributed by atoms with E-state index in [4.69, 9.17) is 0 Å². The fourth-order valence-electron chi connectivity index (χ4n) is 3.14. The van der Waals surface area contributed by atoms with Gasteiger partial charge in [0.15, 0.2) is 0 Å². The predicted molar refractivity (Wildman–Crippen MR) is 78.9 cm³/mol. The van der Waals surface area contributed by atoms with E-state index in [0.29, 0.717) is 0 Å². The van der Waals surface area contributed by atoms with E-state index in [-0.39, 0.29) is 5.41 Å². The minimum absolute atomic E-state index is 0.226. The summed E-state index contributed by atoms with van der Waals surface area (Å²) in [6.45, 7) is 9.03. The largest absolute Gasteiger partial charge is 0.306 e. The van der Waals surface area contributed by atoms with Crippen molar-refractivity contribution in [3.63, 3.8) is 0 Å². The van der Waals surface area contributed by atoms with Gasteiger partial charge in [0.1, 0.15) is 0 Å². The van der Waals surface area contributed by atoms with Crippen molar-refractivity contribution in [2.75, 3.05) is 20.1 Å².